The molecule has 0 aliphatic heterocycles. The zero-order chi connectivity index (χ0) is 13.7. The smallest absolute Gasteiger partial charge is 0.119 e. The van der Waals surface area contributed by atoms with Gasteiger partial charge in [-0.3, -0.25) is 4.68 Å². The van der Waals surface area contributed by atoms with E-state index in [0.29, 0.717) is 6.61 Å². The van der Waals surface area contributed by atoms with Gasteiger partial charge in [0.05, 0.1) is 18.8 Å². The molecule has 102 valence electrons. The summed E-state index contributed by atoms with van der Waals surface area (Å²) in [5.41, 5.74) is 2.27. The molecule has 19 heavy (non-hydrogen) atoms. The van der Waals surface area contributed by atoms with Crippen molar-refractivity contribution >= 4 is 5.69 Å². The Morgan fingerprint density at radius 2 is 2.00 bits per heavy atom. The summed E-state index contributed by atoms with van der Waals surface area (Å²) in [6.45, 7) is 7.80. The Hall–Kier alpha value is -1.97. The molecule has 0 amide bonds. The first-order valence-corrected chi connectivity index (χ1v) is 6.74. The molecule has 0 radical (unpaired) electrons. The van der Waals surface area contributed by atoms with Crippen LogP contribution in [0.2, 0.25) is 0 Å². The average molecular weight is 259 g/mol. The number of hydrogen-bond acceptors (Lipinski definition) is 3. The van der Waals surface area contributed by atoms with Crippen LogP contribution in [0.15, 0.2) is 36.7 Å². The molecule has 0 aliphatic carbocycles. The largest absolute Gasteiger partial charge is 0.494 e. The highest BCUT2D eigenvalue weighted by atomic mass is 16.5. The molecule has 1 unspecified atom stereocenters. The first-order chi connectivity index (χ1) is 9.22. The van der Waals surface area contributed by atoms with Crippen LogP contribution in [0.5, 0.6) is 5.75 Å². The van der Waals surface area contributed by atoms with Crippen LogP contribution in [0, 0.1) is 0 Å². The number of aryl methyl sites for hydroxylation is 1. The highest BCUT2D eigenvalue weighted by Crippen LogP contribution is 2.21. The van der Waals surface area contributed by atoms with E-state index in [1.165, 1.54) is 5.56 Å². The van der Waals surface area contributed by atoms with Crippen LogP contribution in [0.25, 0.3) is 0 Å². The monoisotopic (exact) mass is 259 g/mol. The zero-order valence-electron chi connectivity index (χ0n) is 11.8. The third kappa shape index (κ3) is 3.50. The third-order valence-corrected chi connectivity index (χ3v) is 3.03. The van der Waals surface area contributed by atoms with E-state index in [2.05, 4.69) is 30.5 Å². The molecule has 0 spiro atoms. The zero-order valence-corrected chi connectivity index (χ0v) is 11.8. The van der Waals surface area contributed by atoms with Crippen LogP contribution in [0.3, 0.4) is 0 Å². The van der Waals surface area contributed by atoms with Crippen molar-refractivity contribution in [2.75, 3.05) is 11.9 Å². The molecule has 0 aliphatic rings. The second-order valence-corrected chi connectivity index (χ2v) is 4.45. The lowest BCUT2D eigenvalue weighted by atomic mass is 10.2. The van der Waals surface area contributed by atoms with E-state index in [0.717, 1.165) is 18.0 Å². The minimum atomic E-state index is 0.234. The minimum Gasteiger partial charge on any atom is -0.494 e. The number of nitrogens with zero attached hydrogens (tertiary/aromatic N) is 2. The lowest BCUT2D eigenvalue weighted by Crippen LogP contribution is -2.05. The van der Waals surface area contributed by atoms with E-state index in [1.54, 1.807) is 0 Å². The maximum absolute atomic E-state index is 5.43. The van der Waals surface area contributed by atoms with Crippen molar-refractivity contribution in [2.24, 2.45) is 0 Å². The molecule has 0 fully saturated rings. The van der Waals surface area contributed by atoms with Crippen LogP contribution >= 0.6 is 0 Å². The van der Waals surface area contributed by atoms with Gasteiger partial charge in [0.15, 0.2) is 0 Å². The summed E-state index contributed by atoms with van der Waals surface area (Å²) in [6, 6.07) is 8.26. The number of rotatable bonds is 6. The van der Waals surface area contributed by atoms with Gasteiger partial charge in [0.2, 0.25) is 0 Å². The van der Waals surface area contributed by atoms with Crippen LogP contribution in [0.4, 0.5) is 5.69 Å². The molecule has 1 heterocycles. The lowest BCUT2D eigenvalue weighted by molar-refractivity contribution is 0.340. The molecule has 0 bridgehead atoms. The molecule has 1 atom stereocenters. The van der Waals surface area contributed by atoms with Crippen LogP contribution in [0.1, 0.15) is 32.4 Å². The fourth-order valence-corrected chi connectivity index (χ4v) is 1.92. The van der Waals surface area contributed by atoms with Crippen molar-refractivity contribution in [3.05, 3.63) is 42.2 Å². The Morgan fingerprint density at radius 1 is 1.26 bits per heavy atom. The van der Waals surface area contributed by atoms with Crippen molar-refractivity contribution in [1.82, 2.24) is 9.78 Å². The van der Waals surface area contributed by atoms with Crippen molar-refractivity contribution in [3.8, 4) is 5.75 Å². The van der Waals surface area contributed by atoms with E-state index in [1.807, 2.05) is 42.1 Å². The minimum absolute atomic E-state index is 0.234. The maximum Gasteiger partial charge on any atom is 0.119 e. The third-order valence-electron chi connectivity index (χ3n) is 3.03. The molecule has 0 saturated heterocycles. The number of anilines is 1. The summed E-state index contributed by atoms with van der Waals surface area (Å²) in [5.74, 6) is 0.902. The van der Waals surface area contributed by atoms with Gasteiger partial charge in [-0.1, -0.05) is 0 Å². The second-order valence-electron chi connectivity index (χ2n) is 4.45. The summed E-state index contributed by atoms with van der Waals surface area (Å²) in [7, 11) is 0. The lowest BCUT2D eigenvalue weighted by Gasteiger charge is -2.14. The van der Waals surface area contributed by atoms with Gasteiger partial charge in [0.1, 0.15) is 5.75 Å². The van der Waals surface area contributed by atoms with E-state index in [9.17, 15) is 0 Å². The number of aromatic nitrogens is 2. The Labute approximate surface area is 114 Å². The summed E-state index contributed by atoms with van der Waals surface area (Å²) in [4.78, 5) is 0. The molecule has 1 N–H and O–H groups in total. The SMILES string of the molecule is CCOc1ccc(NC(C)c2cnn(CC)c2)cc1. The number of ether oxygens (including phenoxy) is 1. The molecular weight excluding hydrogens is 238 g/mol. The van der Waals surface area contributed by atoms with Gasteiger partial charge >= 0.3 is 0 Å². The van der Waals surface area contributed by atoms with Gasteiger partial charge in [-0.2, -0.15) is 5.10 Å². The van der Waals surface area contributed by atoms with Gasteiger partial charge in [-0.25, -0.2) is 0 Å². The van der Waals surface area contributed by atoms with Gasteiger partial charge in [0.25, 0.3) is 0 Å². The number of nitrogens with one attached hydrogen (secondary N) is 1. The van der Waals surface area contributed by atoms with E-state index < -0.39 is 0 Å². The van der Waals surface area contributed by atoms with Crippen LogP contribution < -0.4 is 10.1 Å². The van der Waals surface area contributed by atoms with E-state index in [4.69, 9.17) is 4.74 Å². The van der Waals surface area contributed by atoms with Crippen molar-refractivity contribution in [3.63, 3.8) is 0 Å². The van der Waals surface area contributed by atoms with Crippen LogP contribution in [-0.4, -0.2) is 16.4 Å². The fraction of sp³-hybridized carbons (Fsp3) is 0.400. The van der Waals surface area contributed by atoms with Gasteiger partial charge < -0.3 is 10.1 Å². The summed E-state index contributed by atoms with van der Waals surface area (Å²) >= 11 is 0. The summed E-state index contributed by atoms with van der Waals surface area (Å²) < 4.78 is 7.36. The normalized spacial score (nSPS) is 12.2. The first-order valence-electron chi connectivity index (χ1n) is 6.74. The Bertz CT molecular complexity index is 504. The van der Waals surface area contributed by atoms with E-state index in [-0.39, 0.29) is 6.04 Å². The Balaban J connectivity index is 1.99. The quantitative estimate of drug-likeness (QED) is 0.863. The number of benzene rings is 1. The predicted octanol–water partition coefficient (Wildman–Crippen LogP) is 3.47. The Kier molecular flexibility index (Phi) is 4.44. The molecule has 2 aromatic rings. The molecule has 0 saturated carbocycles. The van der Waals surface area contributed by atoms with Gasteiger partial charge in [0, 0.05) is 24.0 Å². The average Bonchev–Trinajstić information content (AvgIpc) is 2.90. The first kappa shape index (κ1) is 13.5. The maximum atomic E-state index is 5.43. The highest BCUT2D eigenvalue weighted by molar-refractivity contribution is 5.47. The predicted molar refractivity (Wildman–Crippen MR) is 77.5 cm³/mol. The van der Waals surface area contributed by atoms with Gasteiger partial charge in [-0.15, -0.1) is 0 Å². The molecule has 4 nitrogen and oxygen atoms in total. The molecule has 4 heteroatoms. The van der Waals surface area contributed by atoms with Crippen molar-refractivity contribution in [2.45, 2.75) is 33.4 Å². The highest BCUT2D eigenvalue weighted by Gasteiger charge is 2.07. The fourth-order valence-electron chi connectivity index (χ4n) is 1.92. The van der Waals surface area contributed by atoms with E-state index >= 15 is 0 Å². The van der Waals surface area contributed by atoms with Crippen LogP contribution in [-0.2, 0) is 6.54 Å². The molecule has 1 aromatic heterocycles. The Morgan fingerprint density at radius 3 is 2.58 bits per heavy atom. The van der Waals surface area contributed by atoms with Crippen molar-refractivity contribution in [1.29, 1.82) is 0 Å². The topological polar surface area (TPSA) is 39.1 Å². The summed E-state index contributed by atoms with van der Waals surface area (Å²) in [5, 5.41) is 7.75. The molecule has 2 rings (SSSR count). The van der Waals surface area contributed by atoms with Crippen molar-refractivity contribution < 1.29 is 4.74 Å². The second kappa shape index (κ2) is 6.27. The summed E-state index contributed by atoms with van der Waals surface area (Å²) in [6.07, 6.45) is 3.99. The molecular formula is C15H21N3O. The standard InChI is InChI=1S/C15H21N3O/c1-4-18-11-13(10-16-18)12(3)17-14-6-8-15(9-7-14)19-5-2/h6-12,17H,4-5H2,1-3H3. The van der Waals surface area contributed by atoms with Gasteiger partial charge in [-0.05, 0) is 45.0 Å². The number of hydrogen-bond donors (Lipinski definition) is 1. The molecule has 1 aromatic carbocycles.